The van der Waals surface area contributed by atoms with Crippen LogP contribution in [-0.2, 0) is 6.42 Å². The minimum absolute atomic E-state index is 0.379. The van der Waals surface area contributed by atoms with Crippen molar-refractivity contribution in [2.24, 2.45) is 0 Å². The van der Waals surface area contributed by atoms with Crippen LogP contribution in [0.4, 0.5) is 6.01 Å². The molecule has 86 valence electrons. The van der Waals surface area contributed by atoms with Gasteiger partial charge in [0.2, 0.25) is 5.89 Å². The molecule has 6 heteroatoms. The molecule has 0 aliphatic carbocycles. The van der Waals surface area contributed by atoms with E-state index in [0.717, 1.165) is 5.75 Å². The van der Waals surface area contributed by atoms with Gasteiger partial charge in [0.25, 0.3) is 0 Å². The highest BCUT2D eigenvalue weighted by molar-refractivity contribution is 7.98. The Morgan fingerprint density at radius 1 is 1.53 bits per heavy atom. The number of aryl methyl sites for hydroxylation is 1. The van der Waals surface area contributed by atoms with Crippen LogP contribution >= 0.6 is 23.4 Å². The third-order valence-corrected chi connectivity index (χ3v) is 3.14. The van der Waals surface area contributed by atoms with E-state index < -0.39 is 0 Å². The normalized spacial score (nSPS) is 12.8. The molecule has 0 saturated heterocycles. The maximum Gasteiger partial charge on any atom is 0.318 e. The van der Waals surface area contributed by atoms with Gasteiger partial charge in [0, 0.05) is 31.1 Å². The van der Waals surface area contributed by atoms with Gasteiger partial charge in [-0.25, -0.2) is 0 Å². The summed E-state index contributed by atoms with van der Waals surface area (Å²) in [6, 6.07) is 0.945. The standard InChI is InChI=1S/C9H16ClN3OS/c1-7(6-15-3)13(2)9-12-11-8(14-9)4-5-10/h7H,4-6H2,1-3H3. The molecule has 15 heavy (non-hydrogen) atoms. The molecular formula is C9H16ClN3OS. The zero-order valence-electron chi connectivity index (χ0n) is 9.23. The Hall–Kier alpha value is -0.420. The summed E-state index contributed by atoms with van der Waals surface area (Å²) in [4.78, 5) is 1.99. The first-order chi connectivity index (χ1) is 7.19. The largest absolute Gasteiger partial charge is 0.408 e. The van der Waals surface area contributed by atoms with Gasteiger partial charge in [-0.05, 0) is 13.2 Å². The van der Waals surface area contributed by atoms with Gasteiger partial charge in [0.15, 0.2) is 0 Å². The van der Waals surface area contributed by atoms with Crippen molar-refractivity contribution in [1.29, 1.82) is 0 Å². The van der Waals surface area contributed by atoms with Crippen molar-refractivity contribution in [3.8, 4) is 0 Å². The monoisotopic (exact) mass is 249 g/mol. The maximum atomic E-state index is 5.59. The summed E-state index contributed by atoms with van der Waals surface area (Å²) in [5.74, 6) is 2.14. The molecule has 0 bridgehead atoms. The van der Waals surface area contributed by atoms with E-state index in [-0.39, 0.29) is 0 Å². The summed E-state index contributed by atoms with van der Waals surface area (Å²) >= 11 is 7.39. The van der Waals surface area contributed by atoms with E-state index in [9.17, 15) is 0 Å². The fraction of sp³-hybridized carbons (Fsp3) is 0.778. The molecule has 1 aromatic heterocycles. The first kappa shape index (κ1) is 12.6. The van der Waals surface area contributed by atoms with Gasteiger partial charge >= 0.3 is 6.01 Å². The average molecular weight is 250 g/mol. The maximum absolute atomic E-state index is 5.59. The molecule has 1 aromatic rings. The van der Waals surface area contributed by atoms with Gasteiger partial charge < -0.3 is 9.32 Å². The Kier molecular flexibility index (Phi) is 5.25. The van der Waals surface area contributed by atoms with E-state index in [1.54, 1.807) is 11.8 Å². The first-order valence-electron chi connectivity index (χ1n) is 4.79. The molecule has 0 aromatic carbocycles. The fourth-order valence-corrected chi connectivity index (χ4v) is 1.98. The van der Waals surface area contributed by atoms with Crippen LogP contribution in [0.2, 0.25) is 0 Å². The number of halogens is 1. The van der Waals surface area contributed by atoms with Gasteiger partial charge in [-0.2, -0.15) is 11.8 Å². The third-order valence-electron chi connectivity index (χ3n) is 2.14. The van der Waals surface area contributed by atoms with E-state index in [4.69, 9.17) is 16.0 Å². The van der Waals surface area contributed by atoms with Crippen molar-refractivity contribution in [3.63, 3.8) is 0 Å². The van der Waals surface area contributed by atoms with E-state index >= 15 is 0 Å². The van der Waals surface area contributed by atoms with Crippen LogP contribution in [0.15, 0.2) is 4.42 Å². The van der Waals surface area contributed by atoms with Crippen molar-refractivity contribution in [2.45, 2.75) is 19.4 Å². The Morgan fingerprint density at radius 2 is 2.27 bits per heavy atom. The zero-order valence-corrected chi connectivity index (χ0v) is 10.8. The van der Waals surface area contributed by atoms with Crippen LogP contribution < -0.4 is 4.90 Å². The molecule has 1 atom stereocenters. The number of hydrogen-bond donors (Lipinski definition) is 0. The lowest BCUT2D eigenvalue weighted by Crippen LogP contribution is -2.31. The van der Waals surface area contributed by atoms with Crippen LogP contribution in [0.25, 0.3) is 0 Å². The summed E-state index contributed by atoms with van der Waals surface area (Å²) < 4.78 is 5.46. The van der Waals surface area contributed by atoms with Crippen LogP contribution in [0.1, 0.15) is 12.8 Å². The Labute approximate surface area is 99.4 Å². The highest BCUT2D eigenvalue weighted by atomic mass is 35.5. The van der Waals surface area contributed by atoms with Crippen LogP contribution in [0.5, 0.6) is 0 Å². The van der Waals surface area contributed by atoms with E-state index in [2.05, 4.69) is 23.4 Å². The molecule has 0 amide bonds. The van der Waals surface area contributed by atoms with Gasteiger partial charge in [0.05, 0.1) is 0 Å². The topological polar surface area (TPSA) is 42.2 Å². The number of anilines is 1. The second-order valence-corrected chi connectivity index (χ2v) is 4.62. The molecule has 0 aliphatic heterocycles. The minimum Gasteiger partial charge on any atom is -0.408 e. The van der Waals surface area contributed by atoms with Crippen LogP contribution in [-0.4, -0.2) is 41.2 Å². The minimum atomic E-state index is 0.379. The SMILES string of the molecule is CSCC(C)N(C)c1nnc(CCCl)o1. The third kappa shape index (κ3) is 3.57. The zero-order chi connectivity index (χ0) is 11.3. The predicted molar refractivity (Wildman–Crippen MR) is 65.0 cm³/mol. The molecule has 0 spiro atoms. The van der Waals surface area contributed by atoms with Crippen LogP contribution in [0.3, 0.4) is 0 Å². The molecule has 1 unspecified atom stereocenters. The molecule has 0 saturated carbocycles. The predicted octanol–water partition coefficient (Wildman–Crippen LogP) is 2.04. The first-order valence-corrected chi connectivity index (χ1v) is 6.72. The van der Waals surface area contributed by atoms with Gasteiger partial charge in [-0.1, -0.05) is 5.10 Å². The molecular weight excluding hydrogens is 234 g/mol. The number of thioether (sulfide) groups is 1. The van der Waals surface area contributed by atoms with Crippen LogP contribution in [0, 0.1) is 0 Å². The van der Waals surface area contributed by atoms with E-state index in [1.807, 2.05) is 11.9 Å². The van der Waals surface area contributed by atoms with Crippen molar-refractivity contribution in [2.75, 3.05) is 29.8 Å². The average Bonchev–Trinajstić information content (AvgIpc) is 2.66. The summed E-state index contributed by atoms with van der Waals surface area (Å²) in [5, 5.41) is 7.90. The molecule has 4 nitrogen and oxygen atoms in total. The Balaban J connectivity index is 2.60. The van der Waals surface area contributed by atoms with E-state index in [1.165, 1.54) is 0 Å². The summed E-state index contributed by atoms with van der Waals surface area (Å²) in [6.45, 7) is 2.13. The number of rotatable bonds is 6. The Morgan fingerprint density at radius 3 is 2.87 bits per heavy atom. The smallest absolute Gasteiger partial charge is 0.318 e. The lowest BCUT2D eigenvalue weighted by Gasteiger charge is -2.21. The lowest BCUT2D eigenvalue weighted by atomic mass is 10.4. The number of hydrogen-bond acceptors (Lipinski definition) is 5. The van der Waals surface area contributed by atoms with Crippen molar-refractivity contribution in [1.82, 2.24) is 10.2 Å². The highest BCUT2D eigenvalue weighted by Gasteiger charge is 2.15. The quantitative estimate of drug-likeness (QED) is 0.722. The van der Waals surface area contributed by atoms with Gasteiger partial charge in [-0.15, -0.1) is 16.7 Å². The molecule has 0 fully saturated rings. The van der Waals surface area contributed by atoms with E-state index in [0.29, 0.717) is 30.2 Å². The summed E-state index contributed by atoms with van der Waals surface area (Å²) in [7, 11) is 1.96. The van der Waals surface area contributed by atoms with Crippen molar-refractivity contribution < 1.29 is 4.42 Å². The van der Waals surface area contributed by atoms with Crippen molar-refractivity contribution >= 4 is 29.4 Å². The number of nitrogens with zero attached hydrogens (tertiary/aromatic N) is 3. The molecule has 1 heterocycles. The molecule has 1 rings (SSSR count). The highest BCUT2D eigenvalue weighted by Crippen LogP contribution is 2.15. The summed E-state index contributed by atoms with van der Waals surface area (Å²) in [5.41, 5.74) is 0. The molecule has 0 N–H and O–H groups in total. The second kappa shape index (κ2) is 6.23. The van der Waals surface area contributed by atoms with Crippen molar-refractivity contribution in [3.05, 3.63) is 5.89 Å². The molecule has 0 aliphatic rings. The van der Waals surface area contributed by atoms with Gasteiger partial charge in [0.1, 0.15) is 0 Å². The number of aromatic nitrogens is 2. The lowest BCUT2D eigenvalue weighted by molar-refractivity contribution is 0.487. The summed E-state index contributed by atoms with van der Waals surface area (Å²) in [6.07, 6.45) is 2.70. The fourth-order valence-electron chi connectivity index (χ4n) is 1.11. The molecule has 0 radical (unpaired) electrons. The number of alkyl halides is 1. The second-order valence-electron chi connectivity index (χ2n) is 3.33. The Bertz CT molecular complexity index is 295. The van der Waals surface area contributed by atoms with Gasteiger partial charge in [-0.3, -0.25) is 0 Å².